The normalized spacial score (nSPS) is 20.7. The molecule has 0 fully saturated rings. The highest BCUT2D eigenvalue weighted by Gasteiger charge is 2.32. The third-order valence-electron chi connectivity index (χ3n) is 8.40. The van der Waals surface area contributed by atoms with Gasteiger partial charge >= 0.3 is 5.97 Å². The minimum absolute atomic E-state index is 0.0372. The zero-order valence-electron chi connectivity index (χ0n) is 27.5. The zero-order valence-corrected chi connectivity index (χ0v) is 28.3. The lowest BCUT2D eigenvalue weighted by Gasteiger charge is -2.26. The minimum atomic E-state index is -1.17. The highest BCUT2D eigenvalue weighted by atomic mass is 32.1. The number of benzene rings is 3. The molecule has 0 radical (unpaired) electrons. The van der Waals surface area contributed by atoms with Gasteiger partial charge in [0, 0.05) is 24.1 Å². The number of ketones is 1. The summed E-state index contributed by atoms with van der Waals surface area (Å²) in [6.07, 6.45) is 0.0473. The number of fused-ring (bicyclic) bond motifs is 16. The molecular formula is C38H39N3O8S. The van der Waals surface area contributed by atoms with Crippen LogP contribution in [0.3, 0.4) is 0 Å². The second-order valence-electron chi connectivity index (χ2n) is 12.1. The predicted molar refractivity (Wildman–Crippen MR) is 187 cm³/mol. The van der Waals surface area contributed by atoms with Gasteiger partial charge < -0.3 is 30.5 Å². The van der Waals surface area contributed by atoms with E-state index < -0.39 is 53.5 Å². The SMILES string of the molecule is COc1cccc(C[C@H]2NC(=O)[C@H](Cc3cccs3)NC(=O)COc3ccc(cc3)C[C@@H](C(=O)O)CC(=O)[C@H](Cc3ccccc3)NC2=O)c1. The molecule has 3 heterocycles. The number of carboxylic acids is 1. The molecule has 3 aromatic carbocycles. The summed E-state index contributed by atoms with van der Waals surface area (Å²) in [6, 6.07) is 23.1. The van der Waals surface area contributed by atoms with Gasteiger partial charge in [0.15, 0.2) is 12.4 Å². The second kappa shape index (κ2) is 17.3. The molecule has 6 rings (SSSR count). The molecule has 11 nitrogen and oxygen atoms in total. The number of amides is 3. The number of nitrogens with one attached hydrogen (secondary N) is 3. The molecule has 4 N–H and O–H groups in total. The number of rotatable bonds is 8. The molecule has 2 aliphatic heterocycles. The number of ether oxygens (including phenoxy) is 2. The van der Waals surface area contributed by atoms with Gasteiger partial charge in [-0.3, -0.25) is 24.0 Å². The van der Waals surface area contributed by atoms with E-state index in [1.807, 2.05) is 47.8 Å². The predicted octanol–water partition coefficient (Wildman–Crippen LogP) is 3.53. The average Bonchev–Trinajstić information content (AvgIpc) is 3.63. The molecule has 0 unspecified atom stereocenters. The third-order valence-corrected chi connectivity index (χ3v) is 9.30. The van der Waals surface area contributed by atoms with E-state index in [-0.39, 0.29) is 38.7 Å². The summed E-state index contributed by atoms with van der Waals surface area (Å²) in [6.45, 7) is -0.380. The molecule has 12 heteroatoms. The number of Topliss-reactive ketones (excluding diaryl/α,β-unsaturated/α-hetero) is 1. The van der Waals surface area contributed by atoms with E-state index in [9.17, 15) is 29.1 Å². The maximum absolute atomic E-state index is 14.2. The average molecular weight is 698 g/mol. The van der Waals surface area contributed by atoms with Crippen molar-refractivity contribution in [1.82, 2.24) is 16.0 Å². The first-order chi connectivity index (χ1) is 24.2. The summed E-state index contributed by atoms with van der Waals surface area (Å²) >= 11 is 1.43. The number of hydrogen-bond donors (Lipinski definition) is 4. The first-order valence-corrected chi connectivity index (χ1v) is 17.1. The van der Waals surface area contributed by atoms with Crippen LogP contribution in [0.15, 0.2) is 96.4 Å². The van der Waals surface area contributed by atoms with Crippen molar-refractivity contribution in [3.63, 3.8) is 0 Å². The summed E-state index contributed by atoms with van der Waals surface area (Å²) in [7, 11) is 1.52. The van der Waals surface area contributed by atoms with Crippen molar-refractivity contribution in [2.24, 2.45) is 5.92 Å². The van der Waals surface area contributed by atoms with Gasteiger partial charge in [-0.2, -0.15) is 0 Å². The summed E-state index contributed by atoms with van der Waals surface area (Å²) in [4.78, 5) is 68.3. The Labute approximate surface area is 294 Å². The van der Waals surface area contributed by atoms with E-state index in [0.717, 1.165) is 10.4 Å². The smallest absolute Gasteiger partial charge is 0.307 e. The second-order valence-corrected chi connectivity index (χ2v) is 13.1. The molecule has 3 amide bonds. The molecule has 0 spiro atoms. The Balaban J connectivity index is 1.51. The van der Waals surface area contributed by atoms with Gasteiger partial charge in [-0.25, -0.2) is 0 Å². The molecule has 50 heavy (non-hydrogen) atoms. The quantitative estimate of drug-likeness (QED) is 0.204. The van der Waals surface area contributed by atoms with Crippen molar-refractivity contribution in [3.8, 4) is 11.5 Å². The molecule has 2 bridgehead atoms. The van der Waals surface area contributed by atoms with Crippen molar-refractivity contribution in [2.75, 3.05) is 13.7 Å². The van der Waals surface area contributed by atoms with Crippen molar-refractivity contribution in [2.45, 2.75) is 50.2 Å². The Morgan fingerprint density at radius 3 is 2.14 bits per heavy atom. The molecule has 2 aliphatic rings. The van der Waals surface area contributed by atoms with Crippen molar-refractivity contribution >= 4 is 40.8 Å². The number of aliphatic carboxylic acids is 1. The van der Waals surface area contributed by atoms with E-state index in [1.54, 1.807) is 48.5 Å². The van der Waals surface area contributed by atoms with Crippen LogP contribution in [0.1, 0.15) is 28.0 Å². The van der Waals surface area contributed by atoms with E-state index in [0.29, 0.717) is 22.6 Å². The molecule has 4 aromatic rings. The van der Waals surface area contributed by atoms with Gasteiger partial charge in [0.05, 0.1) is 19.1 Å². The first-order valence-electron chi connectivity index (χ1n) is 16.2. The van der Waals surface area contributed by atoms with Gasteiger partial charge in [0.2, 0.25) is 11.8 Å². The highest BCUT2D eigenvalue weighted by molar-refractivity contribution is 7.09. The Kier molecular flexibility index (Phi) is 12.4. The molecule has 0 aliphatic carbocycles. The zero-order chi connectivity index (χ0) is 35.5. The standard InChI is InChI=1S/C38H39N3O8S/c1-48-29-10-5-9-26(18-29)20-32-36(44)40-31(19-24-7-3-2-4-8-24)34(42)21-27(38(46)47)17-25-12-14-28(15-13-25)49-23-35(43)39-33(37(45)41-32)22-30-11-6-16-50-30/h2-16,18,27,31-33H,17,19-23H2,1H3,(H,39,43)(H,40,44)(H,41,45)(H,46,47)/t27-,31+,32-,33+/m1/s1. The van der Waals surface area contributed by atoms with Crippen LogP contribution >= 0.6 is 11.3 Å². The van der Waals surface area contributed by atoms with Crippen LogP contribution in [0.5, 0.6) is 11.5 Å². The van der Waals surface area contributed by atoms with E-state index in [1.165, 1.54) is 18.4 Å². The van der Waals surface area contributed by atoms with Crippen LogP contribution in [0, 0.1) is 5.92 Å². The Hall–Kier alpha value is -5.49. The molecular weight excluding hydrogens is 658 g/mol. The van der Waals surface area contributed by atoms with Crippen LogP contribution in [-0.4, -0.2) is 66.4 Å². The monoisotopic (exact) mass is 697 g/mol. The number of carboxylic acid groups (broad SMARTS) is 1. The van der Waals surface area contributed by atoms with Gasteiger partial charge in [-0.15, -0.1) is 11.3 Å². The lowest BCUT2D eigenvalue weighted by molar-refractivity contribution is -0.144. The van der Waals surface area contributed by atoms with Crippen molar-refractivity contribution in [3.05, 3.63) is 118 Å². The molecule has 260 valence electrons. The maximum atomic E-state index is 14.2. The maximum Gasteiger partial charge on any atom is 0.307 e. The van der Waals surface area contributed by atoms with Crippen LogP contribution in [0.4, 0.5) is 0 Å². The Morgan fingerprint density at radius 1 is 0.780 bits per heavy atom. The van der Waals surface area contributed by atoms with E-state index in [4.69, 9.17) is 9.47 Å². The summed E-state index contributed by atoms with van der Waals surface area (Å²) < 4.78 is 11.0. The minimum Gasteiger partial charge on any atom is -0.497 e. The van der Waals surface area contributed by atoms with E-state index >= 15 is 0 Å². The molecule has 0 saturated heterocycles. The lowest BCUT2D eigenvalue weighted by atomic mass is 9.90. The number of thiophene rings is 1. The Bertz CT molecular complexity index is 1780. The van der Waals surface area contributed by atoms with E-state index in [2.05, 4.69) is 16.0 Å². The van der Waals surface area contributed by atoms with Gasteiger partial charge in [-0.1, -0.05) is 60.7 Å². The van der Waals surface area contributed by atoms with Crippen molar-refractivity contribution in [1.29, 1.82) is 0 Å². The summed E-state index contributed by atoms with van der Waals surface area (Å²) in [5.74, 6) is -3.53. The van der Waals surface area contributed by atoms with Crippen LogP contribution in [-0.2, 0) is 49.7 Å². The fraction of sp³-hybridized carbons (Fsp3) is 0.289. The highest BCUT2D eigenvalue weighted by Crippen LogP contribution is 2.20. The first kappa shape index (κ1) is 35.8. The lowest BCUT2D eigenvalue weighted by Crippen LogP contribution is -2.57. The van der Waals surface area contributed by atoms with Gasteiger partial charge in [0.25, 0.3) is 5.91 Å². The largest absolute Gasteiger partial charge is 0.497 e. The summed E-state index contributed by atoms with van der Waals surface area (Å²) in [5, 5.41) is 20.4. The molecule has 0 saturated carbocycles. The van der Waals surface area contributed by atoms with Crippen molar-refractivity contribution < 1.29 is 38.6 Å². The number of hydrogen-bond acceptors (Lipinski definition) is 8. The van der Waals surface area contributed by atoms with Crippen LogP contribution in [0.25, 0.3) is 0 Å². The Morgan fingerprint density at radius 2 is 1.46 bits per heavy atom. The van der Waals surface area contributed by atoms with Crippen LogP contribution in [0.2, 0.25) is 0 Å². The van der Waals surface area contributed by atoms with Crippen LogP contribution < -0.4 is 25.4 Å². The van der Waals surface area contributed by atoms with Gasteiger partial charge in [0.1, 0.15) is 23.6 Å². The molecule has 4 atom stereocenters. The van der Waals surface area contributed by atoms with Gasteiger partial charge in [-0.05, 0) is 65.2 Å². The topological polar surface area (TPSA) is 160 Å². The fourth-order valence-corrected chi connectivity index (χ4v) is 6.50. The number of methoxy groups -OCH3 is 1. The fourth-order valence-electron chi connectivity index (χ4n) is 5.75. The number of carbonyl (C=O) groups excluding carboxylic acids is 4. The summed E-state index contributed by atoms with van der Waals surface area (Å²) in [5.41, 5.74) is 2.10. The third kappa shape index (κ3) is 10.3. The number of carbonyl (C=O) groups is 5. The molecule has 1 aromatic heterocycles.